The first-order chi connectivity index (χ1) is 17.7. The second-order valence-electron chi connectivity index (χ2n) is 7.78. The Morgan fingerprint density at radius 3 is 2.59 bits per heavy atom. The summed E-state index contributed by atoms with van der Waals surface area (Å²) in [5, 5.41) is 23.1. The van der Waals surface area contributed by atoms with Gasteiger partial charge in [-0.25, -0.2) is 19.0 Å². The van der Waals surface area contributed by atoms with Gasteiger partial charge in [0.1, 0.15) is 5.75 Å². The van der Waals surface area contributed by atoms with Crippen LogP contribution < -0.4 is 21.4 Å². The van der Waals surface area contributed by atoms with E-state index in [1.807, 2.05) is 6.07 Å². The average Bonchev–Trinajstić information content (AvgIpc) is 3.33. The molecule has 2 heterocycles. The highest BCUT2D eigenvalue weighted by atomic mass is 35.5. The lowest BCUT2D eigenvalue weighted by atomic mass is 10.2. The van der Waals surface area contributed by atoms with Crippen LogP contribution in [0.1, 0.15) is 28.0 Å². The Labute approximate surface area is 218 Å². The number of rotatable bonds is 9. The van der Waals surface area contributed by atoms with Crippen molar-refractivity contribution in [2.24, 2.45) is 0 Å². The molecule has 0 unspecified atom stereocenters. The zero-order valence-corrected chi connectivity index (χ0v) is 20.9. The highest BCUT2D eigenvalue weighted by Gasteiger charge is 2.15. The predicted molar refractivity (Wildman–Crippen MR) is 137 cm³/mol. The summed E-state index contributed by atoms with van der Waals surface area (Å²) in [5.41, 5.74) is 0.482. The molecule has 11 nitrogen and oxygen atoms in total. The first-order valence-electron chi connectivity index (χ1n) is 10.8. The smallest absolute Gasteiger partial charge is 0.355 e. The summed E-state index contributed by atoms with van der Waals surface area (Å²) >= 11 is 7.03. The van der Waals surface area contributed by atoms with E-state index in [1.165, 1.54) is 9.95 Å². The summed E-state index contributed by atoms with van der Waals surface area (Å²) in [6.07, 6.45) is -0.0156. The number of carboxylic acid groups (broad SMARTS) is 1. The van der Waals surface area contributed by atoms with Crippen LogP contribution in [-0.2, 0) is 13.1 Å². The minimum atomic E-state index is -1.14. The fourth-order valence-corrected chi connectivity index (χ4v) is 4.14. The number of nitriles is 1. The monoisotopic (exact) mass is 538 g/mol. The number of nitrogens with zero attached hydrogens (tertiary/aromatic N) is 5. The number of thiazole rings is 1. The maximum atomic E-state index is 13.2. The number of ether oxygens (including phenoxy) is 1. The van der Waals surface area contributed by atoms with Crippen molar-refractivity contribution < 1.29 is 14.6 Å². The third-order valence-electron chi connectivity index (χ3n) is 5.18. The first-order valence-corrected chi connectivity index (χ1v) is 12.1. The first kappa shape index (κ1) is 25.6. The third-order valence-corrected chi connectivity index (χ3v) is 6.15. The number of aromatic carboxylic acids is 1. The van der Waals surface area contributed by atoms with Gasteiger partial charge < -0.3 is 15.2 Å². The SMILES string of the molecule is Cc1cc(Nc2nc(=O)n(CCC#N)c(=O)n2Cc2ccc(Cl)cc2)ccc1Oc1nc(C(=O)O)cs1. The molecule has 4 rings (SSSR count). The van der Waals surface area contributed by atoms with Gasteiger partial charge in [-0.15, -0.1) is 0 Å². The Hall–Kier alpha value is -4.47. The van der Waals surface area contributed by atoms with Gasteiger partial charge in [0.15, 0.2) is 5.69 Å². The van der Waals surface area contributed by atoms with Crippen molar-refractivity contribution in [2.45, 2.75) is 26.4 Å². The third kappa shape index (κ3) is 6.03. The Bertz CT molecular complexity index is 1620. The van der Waals surface area contributed by atoms with Crippen LogP contribution in [0.2, 0.25) is 5.02 Å². The fraction of sp³-hybridized carbons (Fsp3) is 0.167. The molecule has 0 aliphatic rings. The number of hydrogen-bond acceptors (Lipinski definition) is 9. The van der Waals surface area contributed by atoms with Crippen LogP contribution in [0.4, 0.5) is 11.6 Å². The van der Waals surface area contributed by atoms with Crippen molar-refractivity contribution in [2.75, 3.05) is 5.32 Å². The zero-order chi connectivity index (χ0) is 26.5. The van der Waals surface area contributed by atoms with Gasteiger partial charge in [-0.2, -0.15) is 15.2 Å². The number of anilines is 2. The van der Waals surface area contributed by atoms with Gasteiger partial charge in [-0.1, -0.05) is 35.1 Å². The number of halogens is 1. The van der Waals surface area contributed by atoms with Crippen molar-refractivity contribution in [3.8, 4) is 17.0 Å². The summed E-state index contributed by atoms with van der Waals surface area (Å²) in [6.45, 7) is 1.81. The molecule has 0 spiro atoms. The lowest BCUT2D eigenvalue weighted by Gasteiger charge is -2.16. The Balaban J connectivity index is 1.65. The number of carbonyl (C=O) groups is 1. The molecule has 37 heavy (non-hydrogen) atoms. The number of benzene rings is 2. The van der Waals surface area contributed by atoms with Gasteiger partial charge in [0.05, 0.1) is 19.0 Å². The largest absolute Gasteiger partial charge is 0.476 e. The van der Waals surface area contributed by atoms with E-state index in [-0.39, 0.29) is 36.3 Å². The highest BCUT2D eigenvalue weighted by Crippen LogP contribution is 2.30. The van der Waals surface area contributed by atoms with Crippen LogP contribution in [0.3, 0.4) is 0 Å². The molecule has 13 heteroatoms. The quantitative estimate of drug-likeness (QED) is 0.321. The molecule has 2 aromatic heterocycles. The molecule has 0 bridgehead atoms. The fourth-order valence-electron chi connectivity index (χ4n) is 3.36. The van der Waals surface area contributed by atoms with Gasteiger partial charge in [0.25, 0.3) is 5.19 Å². The molecule has 188 valence electrons. The van der Waals surface area contributed by atoms with Crippen LogP contribution >= 0.6 is 22.9 Å². The summed E-state index contributed by atoms with van der Waals surface area (Å²) < 4.78 is 7.94. The van der Waals surface area contributed by atoms with Crippen molar-refractivity contribution in [3.05, 3.63) is 90.7 Å². The molecule has 2 N–H and O–H groups in total. The second-order valence-corrected chi connectivity index (χ2v) is 9.04. The van der Waals surface area contributed by atoms with Crippen LogP contribution in [0, 0.1) is 18.3 Å². The van der Waals surface area contributed by atoms with Crippen LogP contribution in [0.15, 0.2) is 57.4 Å². The molecular formula is C24H19ClN6O5S. The summed E-state index contributed by atoms with van der Waals surface area (Å²) in [4.78, 5) is 44.8. The van der Waals surface area contributed by atoms with E-state index >= 15 is 0 Å². The maximum absolute atomic E-state index is 13.2. The molecular weight excluding hydrogens is 520 g/mol. The molecule has 0 fully saturated rings. The molecule has 4 aromatic rings. The van der Waals surface area contributed by atoms with Crippen LogP contribution in [0.25, 0.3) is 0 Å². The normalized spacial score (nSPS) is 10.6. The van der Waals surface area contributed by atoms with E-state index < -0.39 is 17.3 Å². The number of aromatic nitrogens is 4. The lowest BCUT2D eigenvalue weighted by Crippen LogP contribution is -2.42. The molecule has 2 aromatic carbocycles. The molecule has 0 aliphatic carbocycles. The molecule has 0 atom stereocenters. The van der Waals surface area contributed by atoms with Gasteiger partial charge >= 0.3 is 17.3 Å². The Morgan fingerprint density at radius 2 is 1.95 bits per heavy atom. The van der Waals surface area contributed by atoms with E-state index in [0.29, 0.717) is 22.0 Å². The van der Waals surface area contributed by atoms with Gasteiger partial charge in [0, 0.05) is 22.6 Å². The van der Waals surface area contributed by atoms with E-state index in [1.54, 1.807) is 49.4 Å². The molecule has 0 amide bonds. The number of aryl methyl sites for hydroxylation is 1. The summed E-state index contributed by atoms with van der Waals surface area (Å²) in [7, 11) is 0. The standard InChI is InChI=1S/C24H19ClN6O5S/c1-14-11-17(7-8-19(14)36-23-28-18(13-37-23)20(32)33)27-21-29-22(34)30(10-2-9-26)24(35)31(21)12-15-3-5-16(25)6-4-15/h3-8,11,13H,2,10,12H2,1H3,(H,32,33)(H,27,29,34). The van der Waals surface area contributed by atoms with Crippen molar-refractivity contribution >= 4 is 40.5 Å². The van der Waals surface area contributed by atoms with Crippen molar-refractivity contribution in [1.29, 1.82) is 5.26 Å². The van der Waals surface area contributed by atoms with E-state index in [2.05, 4.69) is 15.3 Å². The van der Waals surface area contributed by atoms with E-state index in [4.69, 9.17) is 26.7 Å². The second kappa shape index (κ2) is 11.1. The maximum Gasteiger partial charge on any atom is 0.355 e. The van der Waals surface area contributed by atoms with Crippen LogP contribution in [0.5, 0.6) is 10.9 Å². The highest BCUT2D eigenvalue weighted by molar-refractivity contribution is 7.11. The number of nitrogens with one attached hydrogen (secondary N) is 1. The molecule has 0 aliphatic heterocycles. The Kier molecular flexibility index (Phi) is 7.66. The topological polar surface area (TPSA) is 152 Å². The summed E-state index contributed by atoms with van der Waals surface area (Å²) in [6, 6.07) is 13.9. The summed E-state index contributed by atoms with van der Waals surface area (Å²) in [5.74, 6) is -0.665. The van der Waals surface area contributed by atoms with Gasteiger partial charge in [-0.05, 0) is 48.4 Å². The molecule has 0 radical (unpaired) electrons. The lowest BCUT2D eigenvalue weighted by molar-refractivity contribution is 0.0690. The predicted octanol–water partition coefficient (Wildman–Crippen LogP) is 4.02. The van der Waals surface area contributed by atoms with E-state index in [9.17, 15) is 14.4 Å². The van der Waals surface area contributed by atoms with Gasteiger partial charge in [-0.3, -0.25) is 4.57 Å². The van der Waals surface area contributed by atoms with E-state index in [0.717, 1.165) is 21.5 Å². The Morgan fingerprint density at radius 1 is 1.19 bits per heavy atom. The molecule has 0 saturated heterocycles. The van der Waals surface area contributed by atoms with Gasteiger partial charge in [0.2, 0.25) is 5.95 Å². The van der Waals surface area contributed by atoms with Crippen molar-refractivity contribution in [3.63, 3.8) is 0 Å². The number of carboxylic acids is 1. The van der Waals surface area contributed by atoms with Crippen LogP contribution in [-0.4, -0.2) is 30.2 Å². The zero-order valence-electron chi connectivity index (χ0n) is 19.3. The van der Waals surface area contributed by atoms with Crippen molar-refractivity contribution in [1.82, 2.24) is 19.1 Å². The minimum Gasteiger partial charge on any atom is -0.476 e. The minimum absolute atomic E-state index is 0.0156. The average molecular weight is 539 g/mol. The molecule has 0 saturated carbocycles. The number of hydrogen-bond donors (Lipinski definition) is 2.